The zero-order chi connectivity index (χ0) is 24.1. The summed E-state index contributed by atoms with van der Waals surface area (Å²) in [5.74, 6) is -1.96. The van der Waals surface area contributed by atoms with Crippen molar-refractivity contribution in [1.82, 2.24) is 15.2 Å². The Morgan fingerprint density at radius 3 is 2.67 bits per heavy atom. The molecule has 2 amide bonds. The van der Waals surface area contributed by atoms with Gasteiger partial charge in [-0.2, -0.15) is 13.2 Å². The second-order valence-electron chi connectivity index (χ2n) is 8.30. The number of rotatable bonds is 4. The Bertz CT molecular complexity index is 906. The summed E-state index contributed by atoms with van der Waals surface area (Å²) < 4.78 is 37.6. The van der Waals surface area contributed by atoms with Gasteiger partial charge < -0.3 is 20.1 Å². The van der Waals surface area contributed by atoms with Gasteiger partial charge in [0.25, 0.3) is 0 Å². The lowest BCUT2D eigenvalue weighted by atomic mass is 9.77. The van der Waals surface area contributed by atoms with E-state index in [1.165, 1.54) is 0 Å². The van der Waals surface area contributed by atoms with Gasteiger partial charge in [0.15, 0.2) is 0 Å². The van der Waals surface area contributed by atoms with Crippen LogP contribution in [0.2, 0.25) is 0 Å². The first-order valence-corrected chi connectivity index (χ1v) is 10.7. The van der Waals surface area contributed by atoms with E-state index in [4.69, 9.17) is 14.6 Å². The third-order valence-corrected chi connectivity index (χ3v) is 6.21. The van der Waals surface area contributed by atoms with Crippen LogP contribution in [0.1, 0.15) is 32.1 Å². The molecule has 2 aliphatic heterocycles. The van der Waals surface area contributed by atoms with Crippen LogP contribution >= 0.6 is 0 Å². The van der Waals surface area contributed by atoms with Crippen LogP contribution in [0.15, 0.2) is 36.0 Å². The van der Waals surface area contributed by atoms with Crippen molar-refractivity contribution in [2.45, 2.75) is 38.3 Å². The molecule has 1 spiro atoms. The lowest BCUT2D eigenvalue weighted by Gasteiger charge is -2.28. The van der Waals surface area contributed by atoms with E-state index in [0.717, 1.165) is 31.3 Å². The van der Waals surface area contributed by atoms with Gasteiger partial charge in [-0.1, -0.05) is 12.1 Å². The van der Waals surface area contributed by atoms with E-state index in [1.807, 2.05) is 23.1 Å². The number of allylic oxidation sites excluding steroid dienone is 1. The molecule has 2 fully saturated rings. The molecular formula is C22H26F3N3O5. The highest BCUT2D eigenvalue weighted by Gasteiger charge is 2.55. The Hall–Kier alpha value is -3.11. The third kappa shape index (κ3) is 5.82. The molecule has 1 aromatic heterocycles. The monoisotopic (exact) mass is 469 g/mol. The average molecular weight is 469 g/mol. The van der Waals surface area contributed by atoms with Gasteiger partial charge in [-0.05, 0) is 38.2 Å². The summed E-state index contributed by atoms with van der Waals surface area (Å²) >= 11 is 0. The molecule has 3 aliphatic rings. The number of pyridine rings is 1. The molecule has 2 N–H and O–H groups in total. The number of carbonyl (C=O) groups excluding carboxylic acids is 2. The number of alkyl halides is 3. The van der Waals surface area contributed by atoms with Crippen LogP contribution in [-0.2, 0) is 14.4 Å². The summed E-state index contributed by atoms with van der Waals surface area (Å²) in [6.07, 6.45) is 3.48. The molecule has 8 nitrogen and oxygen atoms in total. The second kappa shape index (κ2) is 10.2. The number of hydrogen-bond acceptors (Lipinski definition) is 5. The quantitative estimate of drug-likeness (QED) is 0.702. The summed E-state index contributed by atoms with van der Waals surface area (Å²) in [5, 5.41) is 10.1. The molecule has 2 atom stereocenters. The minimum atomic E-state index is -5.08. The topological polar surface area (TPSA) is 109 Å². The minimum Gasteiger partial charge on any atom is -0.477 e. The summed E-state index contributed by atoms with van der Waals surface area (Å²) in [6.45, 7) is 2.16. The van der Waals surface area contributed by atoms with Crippen molar-refractivity contribution in [3.8, 4) is 5.88 Å². The normalized spacial score (nSPS) is 24.6. The van der Waals surface area contributed by atoms with Gasteiger partial charge in [-0.3, -0.25) is 9.59 Å². The highest BCUT2D eigenvalue weighted by atomic mass is 19.4. The number of halogens is 3. The molecule has 180 valence electrons. The van der Waals surface area contributed by atoms with Crippen molar-refractivity contribution >= 4 is 17.8 Å². The molecule has 0 radical (unpaired) electrons. The largest absolute Gasteiger partial charge is 0.490 e. The maximum absolute atomic E-state index is 12.8. The molecule has 3 heterocycles. The van der Waals surface area contributed by atoms with E-state index in [0.29, 0.717) is 38.5 Å². The fourth-order valence-electron chi connectivity index (χ4n) is 4.37. The van der Waals surface area contributed by atoms with Crippen molar-refractivity contribution in [2.24, 2.45) is 11.3 Å². The number of carboxylic acid groups (broad SMARTS) is 1. The summed E-state index contributed by atoms with van der Waals surface area (Å²) in [5.41, 5.74) is 0.396. The van der Waals surface area contributed by atoms with Crippen LogP contribution < -0.4 is 10.1 Å². The van der Waals surface area contributed by atoms with Crippen molar-refractivity contribution in [3.63, 3.8) is 0 Å². The van der Waals surface area contributed by atoms with Crippen LogP contribution in [0.3, 0.4) is 0 Å². The predicted molar refractivity (Wildman–Crippen MR) is 110 cm³/mol. The summed E-state index contributed by atoms with van der Waals surface area (Å²) in [6, 6.07) is 5.54. The van der Waals surface area contributed by atoms with Gasteiger partial charge in [0.2, 0.25) is 17.7 Å². The number of nitrogens with one attached hydrogen (secondary N) is 1. The van der Waals surface area contributed by atoms with Gasteiger partial charge in [-0.15, -0.1) is 0 Å². The molecule has 0 unspecified atom stereocenters. The van der Waals surface area contributed by atoms with E-state index in [-0.39, 0.29) is 17.7 Å². The molecule has 1 aromatic rings. The van der Waals surface area contributed by atoms with E-state index in [9.17, 15) is 22.8 Å². The summed E-state index contributed by atoms with van der Waals surface area (Å²) in [7, 11) is 0. The number of aromatic nitrogens is 1. The first-order valence-electron chi connectivity index (χ1n) is 10.7. The number of nitrogens with zero attached hydrogens (tertiary/aromatic N) is 2. The Morgan fingerprint density at radius 2 is 2.06 bits per heavy atom. The number of hydrogen-bond donors (Lipinski definition) is 2. The number of ether oxygens (including phenoxy) is 1. The first-order chi connectivity index (χ1) is 15.6. The standard InChI is InChI=1S/C20H25N3O3.C2HF3O2/c24-18(15-6-2-1-3-7-15)23-11-9-20(14-23)16(12-22-19(20)25)13-26-17-8-4-5-10-21-17;3-2(4,5)1(6)7/h4-6,8,10,16H,1-3,7,9,11-14H2,(H,22,25);(H,6,7)/t16-,20-;/m1./s1. The molecule has 0 aromatic carbocycles. The Kier molecular flexibility index (Phi) is 7.60. The first kappa shape index (κ1) is 24.5. The van der Waals surface area contributed by atoms with E-state index < -0.39 is 17.6 Å². The van der Waals surface area contributed by atoms with Gasteiger partial charge in [-0.25, -0.2) is 9.78 Å². The van der Waals surface area contributed by atoms with Gasteiger partial charge >= 0.3 is 12.1 Å². The molecule has 0 bridgehead atoms. The maximum Gasteiger partial charge on any atom is 0.490 e. The van der Waals surface area contributed by atoms with E-state index >= 15 is 0 Å². The summed E-state index contributed by atoms with van der Waals surface area (Å²) in [4.78, 5) is 40.4. The third-order valence-electron chi connectivity index (χ3n) is 6.21. The molecule has 33 heavy (non-hydrogen) atoms. The van der Waals surface area contributed by atoms with Crippen LogP contribution in [0, 0.1) is 11.3 Å². The predicted octanol–water partition coefficient (Wildman–Crippen LogP) is 2.56. The SMILES string of the molecule is O=C(C1=CCCCC1)N1CC[C@]2(C1)C(=O)NC[C@@H]2COc1ccccn1.O=C(O)C(F)(F)F. The number of carbonyl (C=O) groups is 3. The van der Waals surface area contributed by atoms with Crippen LogP contribution in [0.4, 0.5) is 13.2 Å². The Labute approximate surface area is 188 Å². The number of amides is 2. The van der Waals surface area contributed by atoms with Gasteiger partial charge in [0.1, 0.15) is 0 Å². The number of aliphatic carboxylic acids is 1. The van der Waals surface area contributed by atoms with E-state index in [2.05, 4.69) is 16.4 Å². The van der Waals surface area contributed by atoms with Crippen molar-refractivity contribution in [3.05, 3.63) is 36.0 Å². The van der Waals surface area contributed by atoms with Gasteiger partial charge in [0.05, 0.1) is 12.0 Å². The van der Waals surface area contributed by atoms with Crippen molar-refractivity contribution in [1.29, 1.82) is 0 Å². The van der Waals surface area contributed by atoms with Crippen molar-refractivity contribution in [2.75, 3.05) is 26.2 Å². The Morgan fingerprint density at radius 1 is 1.30 bits per heavy atom. The molecule has 2 saturated heterocycles. The van der Waals surface area contributed by atoms with Crippen LogP contribution in [0.25, 0.3) is 0 Å². The second-order valence-corrected chi connectivity index (χ2v) is 8.30. The maximum atomic E-state index is 12.8. The van der Waals surface area contributed by atoms with Crippen LogP contribution in [0.5, 0.6) is 5.88 Å². The lowest BCUT2D eigenvalue weighted by molar-refractivity contribution is -0.192. The highest BCUT2D eigenvalue weighted by Crippen LogP contribution is 2.42. The minimum absolute atomic E-state index is 0.0511. The zero-order valence-electron chi connectivity index (χ0n) is 17.9. The fraction of sp³-hybridized carbons (Fsp3) is 0.545. The smallest absolute Gasteiger partial charge is 0.477 e. The highest BCUT2D eigenvalue weighted by molar-refractivity contribution is 5.95. The molecule has 4 rings (SSSR count). The molecular weight excluding hydrogens is 443 g/mol. The number of carboxylic acids is 1. The Balaban J connectivity index is 0.000000383. The molecule has 1 aliphatic carbocycles. The van der Waals surface area contributed by atoms with Crippen molar-refractivity contribution < 1.29 is 37.4 Å². The average Bonchev–Trinajstić information content (AvgIpc) is 3.38. The lowest BCUT2D eigenvalue weighted by Crippen LogP contribution is -2.41. The zero-order valence-corrected chi connectivity index (χ0v) is 17.9. The van der Waals surface area contributed by atoms with E-state index in [1.54, 1.807) is 6.20 Å². The number of likely N-dealkylation sites (tertiary alicyclic amines) is 1. The molecule has 0 saturated carbocycles. The van der Waals surface area contributed by atoms with Gasteiger partial charge in [0, 0.05) is 43.4 Å². The van der Waals surface area contributed by atoms with Crippen LogP contribution in [-0.4, -0.2) is 65.2 Å². The molecule has 11 heteroatoms. The fourth-order valence-corrected chi connectivity index (χ4v) is 4.37.